The topological polar surface area (TPSA) is 70.1 Å². The van der Waals surface area contributed by atoms with Gasteiger partial charge in [-0.2, -0.15) is 17.0 Å². The van der Waals surface area contributed by atoms with Crippen molar-refractivity contribution >= 4 is 17.7 Å². The maximum Gasteiger partial charge on any atom is 0.233 e. The van der Waals surface area contributed by atoms with Gasteiger partial charge in [-0.05, 0) is 31.9 Å². The van der Waals surface area contributed by atoms with Crippen molar-refractivity contribution < 1.29 is 4.79 Å². The molecule has 0 aliphatic heterocycles. The first-order valence-corrected chi connectivity index (χ1v) is 8.18. The zero-order valence-corrected chi connectivity index (χ0v) is 12.8. The van der Waals surface area contributed by atoms with Crippen molar-refractivity contribution in [2.75, 3.05) is 18.6 Å². The third kappa shape index (κ3) is 4.70. The normalized spacial score (nSPS) is 19.5. The maximum absolute atomic E-state index is 12.2. The molecule has 0 saturated heterocycles. The average molecular weight is 283 g/mol. The summed E-state index contributed by atoms with van der Waals surface area (Å²) in [4.78, 5) is 13.9. The number of nitrogens with two attached hydrogens (primary N) is 1. The third-order valence-corrected chi connectivity index (χ3v) is 4.82. The lowest BCUT2D eigenvalue weighted by Gasteiger charge is -2.39. The highest BCUT2D eigenvalue weighted by Gasteiger charge is 2.38. The molecule has 1 saturated carbocycles. The monoisotopic (exact) mass is 283 g/mol. The Labute approximate surface area is 120 Å². The second-order valence-electron chi connectivity index (χ2n) is 5.48. The van der Waals surface area contributed by atoms with Crippen LogP contribution in [0.25, 0.3) is 0 Å². The summed E-state index contributed by atoms with van der Waals surface area (Å²) in [7, 11) is 1.78. The van der Waals surface area contributed by atoms with Crippen LogP contribution in [0.5, 0.6) is 0 Å². The summed E-state index contributed by atoms with van der Waals surface area (Å²) in [6.07, 6.45) is 5.82. The van der Waals surface area contributed by atoms with Crippen LogP contribution in [-0.4, -0.2) is 40.9 Å². The number of thioether (sulfide) groups is 1. The van der Waals surface area contributed by atoms with E-state index >= 15 is 0 Å². The minimum Gasteiger partial charge on any atom is -0.328 e. The summed E-state index contributed by atoms with van der Waals surface area (Å²) in [5, 5.41) is 9.44. The number of carbonyl (C=O) groups is 1. The highest BCUT2D eigenvalue weighted by molar-refractivity contribution is 7.99. The van der Waals surface area contributed by atoms with Crippen LogP contribution in [0.2, 0.25) is 0 Å². The van der Waals surface area contributed by atoms with Crippen molar-refractivity contribution in [2.45, 2.75) is 57.0 Å². The minimum atomic E-state index is -0.558. The molecular weight excluding hydrogens is 258 g/mol. The molecule has 1 rings (SSSR count). The SMILES string of the molecule is CC(N)CCSCC(=O)N(C)C1(C#N)CCCCC1. The molecular formula is C14H25N3OS. The fourth-order valence-corrected chi connectivity index (χ4v) is 3.47. The molecule has 1 atom stereocenters. The molecule has 5 heteroatoms. The summed E-state index contributed by atoms with van der Waals surface area (Å²) >= 11 is 1.61. The summed E-state index contributed by atoms with van der Waals surface area (Å²) in [5.74, 6) is 1.42. The second kappa shape index (κ2) is 7.76. The maximum atomic E-state index is 12.2. The molecule has 0 aromatic carbocycles. The highest BCUT2D eigenvalue weighted by atomic mass is 32.2. The number of hydrogen-bond donors (Lipinski definition) is 1. The van der Waals surface area contributed by atoms with Gasteiger partial charge >= 0.3 is 0 Å². The Bertz CT molecular complexity index is 332. The number of nitriles is 1. The third-order valence-electron chi connectivity index (χ3n) is 3.85. The molecule has 1 aliphatic carbocycles. The van der Waals surface area contributed by atoms with Crippen molar-refractivity contribution in [2.24, 2.45) is 5.73 Å². The van der Waals surface area contributed by atoms with Gasteiger partial charge in [0.15, 0.2) is 0 Å². The van der Waals surface area contributed by atoms with E-state index in [1.54, 1.807) is 23.7 Å². The molecule has 0 aromatic heterocycles. The van der Waals surface area contributed by atoms with Gasteiger partial charge in [-0.1, -0.05) is 19.3 Å². The summed E-state index contributed by atoms with van der Waals surface area (Å²) in [6, 6.07) is 2.57. The molecule has 0 radical (unpaired) electrons. The van der Waals surface area contributed by atoms with Crippen LogP contribution in [0.4, 0.5) is 0 Å². The average Bonchev–Trinajstić information content (AvgIpc) is 2.43. The van der Waals surface area contributed by atoms with Crippen LogP contribution in [0.3, 0.4) is 0 Å². The first-order valence-electron chi connectivity index (χ1n) is 7.03. The van der Waals surface area contributed by atoms with Crippen LogP contribution in [0.1, 0.15) is 45.4 Å². The predicted molar refractivity (Wildman–Crippen MR) is 79.8 cm³/mol. The van der Waals surface area contributed by atoms with E-state index in [4.69, 9.17) is 5.73 Å². The van der Waals surface area contributed by atoms with Gasteiger partial charge < -0.3 is 10.6 Å². The number of hydrogen-bond acceptors (Lipinski definition) is 4. The molecule has 0 aromatic rings. The Morgan fingerprint density at radius 1 is 1.47 bits per heavy atom. The molecule has 0 spiro atoms. The van der Waals surface area contributed by atoms with Crippen LogP contribution in [-0.2, 0) is 4.79 Å². The van der Waals surface area contributed by atoms with Crippen molar-refractivity contribution in [1.82, 2.24) is 4.90 Å². The van der Waals surface area contributed by atoms with E-state index in [0.717, 1.165) is 37.9 Å². The van der Waals surface area contributed by atoms with Gasteiger partial charge in [-0.3, -0.25) is 4.79 Å². The van der Waals surface area contributed by atoms with Crippen LogP contribution >= 0.6 is 11.8 Å². The second-order valence-corrected chi connectivity index (χ2v) is 6.58. The lowest BCUT2D eigenvalue weighted by atomic mass is 9.81. The minimum absolute atomic E-state index is 0.0677. The van der Waals surface area contributed by atoms with Crippen molar-refractivity contribution in [3.63, 3.8) is 0 Å². The Hall–Kier alpha value is -0.730. The van der Waals surface area contributed by atoms with Crippen LogP contribution in [0.15, 0.2) is 0 Å². The fraction of sp³-hybridized carbons (Fsp3) is 0.857. The van der Waals surface area contributed by atoms with Gasteiger partial charge in [0.2, 0.25) is 5.91 Å². The molecule has 1 aliphatic rings. The van der Waals surface area contributed by atoms with Gasteiger partial charge in [-0.15, -0.1) is 0 Å². The molecule has 1 unspecified atom stereocenters. The number of amides is 1. The van der Waals surface area contributed by atoms with Gasteiger partial charge in [0.1, 0.15) is 5.54 Å². The van der Waals surface area contributed by atoms with Crippen molar-refractivity contribution in [1.29, 1.82) is 5.26 Å². The summed E-state index contributed by atoms with van der Waals surface area (Å²) in [6.45, 7) is 1.97. The lowest BCUT2D eigenvalue weighted by molar-refractivity contribution is -0.131. The fourth-order valence-electron chi connectivity index (χ4n) is 2.42. The van der Waals surface area contributed by atoms with Gasteiger partial charge in [0.25, 0.3) is 0 Å². The molecule has 4 nitrogen and oxygen atoms in total. The van der Waals surface area contributed by atoms with Gasteiger partial charge in [-0.25, -0.2) is 0 Å². The van der Waals surface area contributed by atoms with Crippen molar-refractivity contribution in [3.05, 3.63) is 0 Å². The van der Waals surface area contributed by atoms with E-state index in [1.807, 2.05) is 6.92 Å². The Morgan fingerprint density at radius 3 is 2.63 bits per heavy atom. The van der Waals surface area contributed by atoms with Gasteiger partial charge in [0, 0.05) is 13.1 Å². The van der Waals surface area contributed by atoms with E-state index in [-0.39, 0.29) is 11.9 Å². The largest absolute Gasteiger partial charge is 0.328 e. The molecule has 0 bridgehead atoms. The first kappa shape index (κ1) is 16.3. The van der Waals surface area contributed by atoms with E-state index in [0.29, 0.717) is 5.75 Å². The molecule has 0 heterocycles. The zero-order valence-electron chi connectivity index (χ0n) is 12.0. The van der Waals surface area contributed by atoms with E-state index in [2.05, 4.69) is 6.07 Å². The number of rotatable bonds is 6. The van der Waals surface area contributed by atoms with Gasteiger partial charge in [0.05, 0.1) is 11.8 Å². The smallest absolute Gasteiger partial charge is 0.233 e. The molecule has 1 amide bonds. The van der Waals surface area contributed by atoms with E-state index < -0.39 is 5.54 Å². The van der Waals surface area contributed by atoms with Crippen LogP contribution < -0.4 is 5.73 Å². The predicted octanol–water partition coefficient (Wildman–Crippen LogP) is 2.14. The first-order chi connectivity index (χ1) is 9.02. The molecule has 19 heavy (non-hydrogen) atoms. The highest BCUT2D eigenvalue weighted by Crippen LogP contribution is 2.32. The molecule has 1 fully saturated rings. The Kier molecular flexibility index (Phi) is 6.67. The van der Waals surface area contributed by atoms with E-state index in [9.17, 15) is 10.1 Å². The number of nitrogens with zero attached hydrogens (tertiary/aromatic N) is 2. The molecule has 108 valence electrons. The Morgan fingerprint density at radius 2 is 2.11 bits per heavy atom. The van der Waals surface area contributed by atoms with Crippen LogP contribution in [0, 0.1) is 11.3 Å². The summed E-state index contributed by atoms with van der Waals surface area (Å²) in [5.41, 5.74) is 5.12. The number of carbonyl (C=O) groups excluding carboxylic acids is 1. The van der Waals surface area contributed by atoms with Crippen molar-refractivity contribution in [3.8, 4) is 6.07 Å². The molecule has 2 N–H and O–H groups in total. The Balaban J connectivity index is 2.44. The quantitative estimate of drug-likeness (QED) is 0.758. The summed E-state index contributed by atoms with van der Waals surface area (Å²) < 4.78 is 0. The standard InChI is InChI=1S/C14H25N3OS/c1-12(16)6-9-19-10-13(18)17(2)14(11-15)7-4-3-5-8-14/h12H,3-10,16H2,1-2H3. The van der Waals surface area contributed by atoms with E-state index in [1.165, 1.54) is 6.42 Å². The zero-order chi connectivity index (χ0) is 14.3. The lowest BCUT2D eigenvalue weighted by Crippen LogP contribution is -2.50.